The van der Waals surface area contributed by atoms with Crippen LogP contribution in [0, 0.1) is 19.8 Å². The topological polar surface area (TPSA) is 63.4 Å². The summed E-state index contributed by atoms with van der Waals surface area (Å²) in [6.07, 6.45) is 0.665. The van der Waals surface area contributed by atoms with E-state index in [1.807, 2.05) is 33.8 Å². The maximum absolute atomic E-state index is 12.5. The third-order valence-corrected chi connectivity index (χ3v) is 5.67. The minimum Gasteiger partial charge on any atom is -0.327 e. The summed E-state index contributed by atoms with van der Waals surface area (Å²) in [4.78, 5) is 0.348. The first-order valence-corrected chi connectivity index (χ1v) is 8.39. The van der Waals surface area contributed by atoms with E-state index in [1.54, 1.807) is 19.2 Å². The van der Waals surface area contributed by atoms with Gasteiger partial charge in [0.2, 0.25) is 10.0 Å². The Morgan fingerprint density at radius 1 is 1.20 bits per heavy atom. The van der Waals surface area contributed by atoms with Gasteiger partial charge in [-0.3, -0.25) is 0 Å². The fraction of sp³-hybridized carbons (Fsp3) is 0.600. The number of nitrogens with zero attached hydrogens (tertiary/aromatic N) is 1. The molecule has 5 heteroatoms. The first-order valence-electron chi connectivity index (χ1n) is 6.95. The Bertz CT molecular complexity index is 553. The summed E-state index contributed by atoms with van der Waals surface area (Å²) in [6, 6.07) is 5.25. The Balaban J connectivity index is 2.84. The molecule has 0 spiro atoms. The Labute approximate surface area is 123 Å². The van der Waals surface area contributed by atoms with Crippen LogP contribution in [-0.4, -0.2) is 32.4 Å². The summed E-state index contributed by atoms with van der Waals surface area (Å²) < 4.78 is 26.3. The normalized spacial score (nSPS) is 14.0. The molecule has 0 aromatic heterocycles. The van der Waals surface area contributed by atoms with Crippen molar-refractivity contribution >= 4 is 10.0 Å². The quantitative estimate of drug-likeness (QED) is 0.876. The highest BCUT2D eigenvalue weighted by molar-refractivity contribution is 7.89. The Morgan fingerprint density at radius 2 is 1.80 bits per heavy atom. The van der Waals surface area contributed by atoms with Crippen molar-refractivity contribution in [1.29, 1.82) is 0 Å². The van der Waals surface area contributed by atoms with Gasteiger partial charge in [-0.25, -0.2) is 12.7 Å². The maximum atomic E-state index is 12.5. The zero-order chi connectivity index (χ0) is 15.5. The Kier molecular flexibility index (Phi) is 5.74. The number of sulfonamides is 1. The van der Waals surface area contributed by atoms with Gasteiger partial charge >= 0.3 is 0 Å². The molecule has 0 heterocycles. The van der Waals surface area contributed by atoms with E-state index >= 15 is 0 Å². The van der Waals surface area contributed by atoms with Crippen molar-refractivity contribution in [1.82, 2.24) is 4.31 Å². The smallest absolute Gasteiger partial charge is 0.242 e. The fourth-order valence-electron chi connectivity index (χ4n) is 1.84. The molecule has 4 nitrogen and oxygen atoms in total. The second-order valence-corrected chi connectivity index (χ2v) is 7.81. The lowest BCUT2D eigenvalue weighted by Gasteiger charge is -2.21. The van der Waals surface area contributed by atoms with E-state index in [4.69, 9.17) is 5.73 Å². The molecular formula is C15H26N2O2S. The highest BCUT2D eigenvalue weighted by atomic mass is 32.2. The molecule has 0 aliphatic heterocycles. The lowest BCUT2D eigenvalue weighted by atomic mass is 10.0. The molecule has 0 fully saturated rings. The number of rotatable bonds is 6. The molecule has 20 heavy (non-hydrogen) atoms. The number of aryl methyl sites for hydroxylation is 2. The monoisotopic (exact) mass is 298 g/mol. The van der Waals surface area contributed by atoms with Crippen LogP contribution in [0.15, 0.2) is 23.1 Å². The van der Waals surface area contributed by atoms with E-state index in [2.05, 4.69) is 0 Å². The molecule has 0 saturated carbocycles. The zero-order valence-corrected chi connectivity index (χ0v) is 13.9. The summed E-state index contributed by atoms with van der Waals surface area (Å²) in [5, 5.41) is 0. The molecule has 1 unspecified atom stereocenters. The highest BCUT2D eigenvalue weighted by Crippen LogP contribution is 2.18. The lowest BCUT2D eigenvalue weighted by Crippen LogP contribution is -2.34. The van der Waals surface area contributed by atoms with E-state index in [1.165, 1.54) is 4.31 Å². The maximum Gasteiger partial charge on any atom is 0.242 e. The van der Waals surface area contributed by atoms with Gasteiger partial charge in [0.15, 0.2) is 0 Å². The predicted octanol–water partition coefficient (Wildman–Crippen LogP) is 2.30. The van der Waals surface area contributed by atoms with Crippen molar-refractivity contribution in [2.75, 3.05) is 13.6 Å². The van der Waals surface area contributed by atoms with Crippen LogP contribution in [0.2, 0.25) is 0 Å². The molecule has 0 saturated heterocycles. The number of nitrogens with two attached hydrogens (primary N) is 1. The van der Waals surface area contributed by atoms with E-state index < -0.39 is 10.0 Å². The van der Waals surface area contributed by atoms with Gasteiger partial charge in [0.25, 0.3) is 0 Å². The third kappa shape index (κ3) is 4.04. The largest absolute Gasteiger partial charge is 0.327 e. The second-order valence-electron chi connectivity index (χ2n) is 5.77. The van der Waals surface area contributed by atoms with Crippen molar-refractivity contribution in [2.24, 2.45) is 11.7 Å². The average Bonchev–Trinajstić information content (AvgIpc) is 2.38. The van der Waals surface area contributed by atoms with Crippen LogP contribution < -0.4 is 5.73 Å². The first kappa shape index (κ1) is 17.1. The van der Waals surface area contributed by atoms with E-state index in [0.29, 0.717) is 23.8 Å². The highest BCUT2D eigenvalue weighted by Gasteiger charge is 2.22. The summed E-state index contributed by atoms with van der Waals surface area (Å²) in [6.45, 7) is 8.42. The van der Waals surface area contributed by atoms with Crippen LogP contribution in [0.4, 0.5) is 0 Å². The van der Waals surface area contributed by atoms with Crippen LogP contribution in [0.25, 0.3) is 0 Å². The molecule has 0 amide bonds. The van der Waals surface area contributed by atoms with Gasteiger partial charge in [0, 0.05) is 19.6 Å². The Hall–Kier alpha value is -0.910. The molecule has 1 atom stereocenters. The first-order chi connectivity index (χ1) is 9.16. The fourth-order valence-corrected chi connectivity index (χ4v) is 3.11. The van der Waals surface area contributed by atoms with E-state index in [0.717, 1.165) is 11.1 Å². The number of hydrogen-bond donors (Lipinski definition) is 1. The molecule has 1 aromatic carbocycles. The molecule has 0 aliphatic rings. The van der Waals surface area contributed by atoms with Crippen LogP contribution in [0.5, 0.6) is 0 Å². The molecule has 2 N–H and O–H groups in total. The minimum atomic E-state index is -3.42. The molecule has 1 aromatic rings. The van der Waals surface area contributed by atoms with Gasteiger partial charge < -0.3 is 5.73 Å². The van der Waals surface area contributed by atoms with Gasteiger partial charge in [-0.2, -0.15) is 0 Å². The van der Waals surface area contributed by atoms with Crippen LogP contribution >= 0.6 is 0 Å². The number of hydrogen-bond acceptors (Lipinski definition) is 3. The summed E-state index contributed by atoms with van der Waals surface area (Å²) >= 11 is 0. The zero-order valence-electron chi connectivity index (χ0n) is 13.1. The molecule has 0 radical (unpaired) electrons. The lowest BCUT2D eigenvalue weighted by molar-refractivity contribution is 0.397. The van der Waals surface area contributed by atoms with Gasteiger partial charge in [-0.1, -0.05) is 19.9 Å². The Morgan fingerprint density at radius 3 is 2.30 bits per heavy atom. The van der Waals surface area contributed by atoms with Crippen LogP contribution in [0.3, 0.4) is 0 Å². The predicted molar refractivity (Wildman–Crippen MR) is 83.2 cm³/mol. The third-order valence-electron chi connectivity index (χ3n) is 3.82. The molecule has 114 valence electrons. The average molecular weight is 298 g/mol. The van der Waals surface area contributed by atoms with Gasteiger partial charge in [0.1, 0.15) is 0 Å². The molecule has 1 rings (SSSR count). The van der Waals surface area contributed by atoms with Crippen molar-refractivity contribution < 1.29 is 8.42 Å². The second kappa shape index (κ2) is 6.70. The molecule has 0 bridgehead atoms. The van der Waals surface area contributed by atoms with Gasteiger partial charge in [-0.05, 0) is 49.4 Å². The standard InChI is InChI=1S/C15H26N2O2S/c1-11(2)15(16)8-9-17(5)20(18,19)14-7-6-12(3)13(4)10-14/h6-7,10-11,15H,8-9,16H2,1-5H3. The van der Waals surface area contributed by atoms with Crippen molar-refractivity contribution in [3.63, 3.8) is 0 Å². The number of benzene rings is 1. The van der Waals surface area contributed by atoms with E-state index in [-0.39, 0.29) is 6.04 Å². The van der Waals surface area contributed by atoms with Crippen molar-refractivity contribution in [2.45, 2.75) is 45.1 Å². The van der Waals surface area contributed by atoms with Gasteiger partial charge in [-0.15, -0.1) is 0 Å². The van der Waals surface area contributed by atoms with Crippen molar-refractivity contribution in [3.05, 3.63) is 29.3 Å². The summed E-state index contributed by atoms with van der Waals surface area (Å²) in [5.74, 6) is 0.354. The SMILES string of the molecule is Cc1ccc(S(=O)(=O)N(C)CCC(N)C(C)C)cc1C. The van der Waals surface area contributed by atoms with Gasteiger partial charge in [0.05, 0.1) is 4.90 Å². The van der Waals surface area contributed by atoms with Crippen molar-refractivity contribution in [3.8, 4) is 0 Å². The van der Waals surface area contributed by atoms with Crippen LogP contribution in [-0.2, 0) is 10.0 Å². The molecule has 0 aliphatic carbocycles. The van der Waals surface area contributed by atoms with Crippen LogP contribution in [0.1, 0.15) is 31.4 Å². The summed E-state index contributed by atoms with van der Waals surface area (Å²) in [7, 11) is -1.81. The summed E-state index contributed by atoms with van der Waals surface area (Å²) in [5.41, 5.74) is 8.04. The minimum absolute atomic E-state index is 0.0207. The van der Waals surface area contributed by atoms with E-state index in [9.17, 15) is 8.42 Å². The molecular weight excluding hydrogens is 272 g/mol.